The molecule has 1 aromatic heterocycles. The predicted octanol–water partition coefficient (Wildman–Crippen LogP) is 6.31. The number of thioether (sulfide) groups is 1. The van der Waals surface area contributed by atoms with Crippen LogP contribution in [0.2, 0.25) is 0 Å². The van der Waals surface area contributed by atoms with E-state index < -0.39 is 12.1 Å². The zero-order valence-corrected chi connectivity index (χ0v) is 16.7. The normalized spacial score (nSPS) is 14.1. The first-order chi connectivity index (χ1) is 12.6. The predicted molar refractivity (Wildman–Crippen MR) is 104 cm³/mol. The number of phenols is 2. The average molecular weight is 416 g/mol. The molecule has 0 amide bonds. The van der Waals surface area contributed by atoms with Gasteiger partial charge >= 0.3 is 6.18 Å². The van der Waals surface area contributed by atoms with E-state index in [9.17, 15) is 23.4 Å². The molecule has 0 bridgehead atoms. The zero-order valence-electron chi connectivity index (χ0n) is 15.0. The molecule has 0 saturated heterocycles. The summed E-state index contributed by atoms with van der Waals surface area (Å²) in [7, 11) is 0. The topological polar surface area (TPSA) is 53.4 Å². The Morgan fingerprint density at radius 1 is 1.30 bits per heavy atom. The van der Waals surface area contributed by atoms with Crippen LogP contribution in [0.5, 0.6) is 11.5 Å². The zero-order chi connectivity index (χ0) is 20.2. The molecule has 0 aliphatic heterocycles. The van der Waals surface area contributed by atoms with Crippen LogP contribution in [0, 0.1) is 12.8 Å². The summed E-state index contributed by atoms with van der Waals surface area (Å²) in [6, 6.07) is 4.61. The van der Waals surface area contributed by atoms with Gasteiger partial charge in [0, 0.05) is 21.1 Å². The Morgan fingerprint density at radius 3 is 2.59 bits per heavy atom. The number of hydrogen-bond acceptors (Lipinski definition) is 5. The monoisotopic (exact) mass is 415 g/mol. The number of aromatic hydroxyl groups is 2. The summed E-state index contributed by atoms with van der Waals surface area (Å²) in [4.78, 5) is 6.28. The van der Waals surface area contributed by atoms with Crippen molar-refractivity contribution in [1.29, 1.82) is 0 Å². The number of nitrogens with zero attached hydrogens (tertiary/aromatic N) is 1. The molecule has 2 rings (SSSR count). The van der Waals surface area contributed by atoms with Crippen LogP contribution in [0.25, 0.3) is 5.57 Å². The average Bonchev–Trinajstić information content (AvgIpc) is 2.96. The minimum absolute atomic E-state index is 0.173. The fourth-order valence-electron chi connectivity index (χ4n) is 2.08. The largest absolute Gasteiger partial charge is 0.504 e. The highest BCUT2D eigenvalue weighted by atomic mass is 32.2. The van der Waals surface area contributed by atoms with E-state index in [4.69, 9.17) is 0 Å². The van der Waals surface area contributed by atoms with E-state index >= 15 is 0 Å². The van der Waals surface area contributed by atoms with Gasteiger partial charge in [-0.25, -0.2) is 4.98 Å². The second kappa shape index (κ2) is 8.84. The van der Waals surface area contributed by atoms with Gasteiger partial charge in [0.2, 0.25) is 0 Å². The van der Waals surface area contributed by atoms with Gasteiger partial charge in [0.1, 0.15) is 5.01 Å². The molecule has 1 atom stereocenters. The molecule has 3 nitrogen and oxygen atoms in total. The van der Waals surface area contributed by atoms with Crippen molar-refractivity contribution < 1.29 is 23.4 Å². The molecule has 1 heterocycles. The second-order valence-electron chi connectivity index (χ2n) is 5.90. The van der Waals surface area contributed by atoms with Crippen LogP contribution in [-0.2, 0) is 5.75 Å². The first-order valence-electron chi connectivity index (χ1n) is 8.14. The molecule has 0 aliphatic rings. The maximum Gasteiger partial charge on any atom is 0.394 e. The van der Waals surface area contributed by atoms with E-state index in [2.05, 4.69) is 4.98 Å². The number of hydrogen-bond donors (Lipinski definition) is 2. The van der Waals surface area contributed by atoms with Gasteiger partial charge < -0.3 is 10.2 Å². The van der Waals surface area contributed by atoms with Gasteiger partial charge in [-0.1, -0.05) is 25.2 Å². The van der Waals surface area contributed by atoms with E-state index in [-0.39, 0.29) is 11.5 Å². The van der Waals surface area contributed by atoms with E-state index in [1.54, 1.807) is 19.1 Å². The van der Waals surface area contributed by atoms with E-state index in [0.29, 0.717) is 16.3 Å². The Labute approximate surface area is 164 Å². The van der Waals surface area contributed by atoms with Gasteiger partial charge in [0.25, 0.3) is 0 Å². The summed E-state index contributed by atoms with van der Waals surface area (Å²) in [5.74, 6) is -1.27. The van der Waals surface area contributed by atoms with Crippen molar-refractivity contribution in [3.05, 3.63) is 52.0 Å². The maximum absolute atomic E-state index is 12.7. The van der Waals surface area contributed by atoms with Gasteiger partial charge in [-0.2, -0.15) is 13.2 Å². The Morgan fingerprint density at radius 2 is 2.00 bits per heavy atom. The number of phenolic OH excluding ortho intramolecular Hbond substituents is 2. The standard InChI is InChI=1S/C19H20F3NO2S2/c1-4-13(6-5-11(2)19(20,21)22)18-23-12(3)17(27-18)10-26-14-7-8-15(24)16(25)9-14/h4-9,11,24-25H,10H2,1-3H3/b6-5-,13-4+. The molecule has 27 heavy (non-hydrogen) atoms. The van der Waals surface area contributed by atoms with Crippen molar-refractivity contribution in [3.8, 4) is 11.5 Å². The molecule has 146 valence electrons. The van der Waals surface area contributed by atoms with Crippen molar-refractivity contribution in [2.75, 3.05) is 0 Å². The van der Waals surface area contributed by atoms with E-state index in [0.717, 1.165) is 28.5 Å². The third-order valence-corrected chi connectivity index (χ3v) is 6.26. The van der Waals surface area contributed by atoms with Crippen LogP contribution >= 0.6 is 23.1 Å². The Hall–Kier alpha value is -1.93. The van der Waals surface area contributed by atoms with Crippen LogP contribution in [-0.4, -0.2) is 21.4 Å². The lowest BCUT2D eigenvalue weighted by atomic mass is 10.1. The smallest absolute Gasteiger partial charge is 0.394 e. The number of rotatable bonds is 6. The van der Waals surface area contributed by atoms with Crippen molar-refractivity contribution >= 4 is 28.7 Å². The van der Waals surface area contributed by atoms with Crippen molar-refractivity contribution in [2.45, 2.75) is 37.6 Å². The summed E-state index contributed by atoms with van der Waals surface area (Å²) < 4.78 is 38.0. The lowest BCUT2D eigenvalue weighted by Crippen LogP contribution is -2.17. The third kappa shape index (κ3) is 5.77. The van der Waals surface area contributed by atoms with Crippen LogP contribution in [0.4, 0.5) is 13.2 Å². The minimum Gasteiger partial charge on any atom is -0.504 e. The lowest BCUT2D eigenvalue weighted by Gasteiger charge is -2.10. The number of allylic oxidation sites excluding steroid dienone is 4. The molecule has 2 aromatic rings. The fraction of sp³-hybridized carbons (Fsp3) is 0.316. The van der Waals surface area contributed by atoms with Crippen LogP contribution in [0.3, 0.4) is 0 Å². The molecule has 1 aromatic carbocycles. The van der Waals surface area contributed by atoms with Crippen molar-refractivity contribution in [3.63, 3.8) is 0 Å². The molecule has 8 heteroatoms. The number of alkyl halides is 3. The maximum atomic E-state index is 12.7. The van der Waals surface area contributed by atoms with Gasteiger partial charge in [-0.3, -0.25) is 0 Å². The third-order valence-electron chi connectivity index (χ3n) is 3.85. The molecule has 2 N–H and O–H groups in total. The van der Waals surface area contributed by atoms with Gasteiger partial charge in [0.05, 0.1) is 11.6 Å². The second-order valence-corrected chi connectivity index (χ2v) is 8.03. The number of halogens is 3. The summed E-state index contributed by atoms with van der Waals surface area (Å²) in [5.41, 5.74) is 1.47. The molecule has 1 unspecified atom stereocenters. The highest BCUT2D eigenvalue weighted by Gasteiger charge is 2.33. The molecular formula is C19H20F3NO2S2. The van der Waals surface area contributed by atoms with Crippen LogP contribution in [0.15, 0.2) is 41.3 Å². The molecule has 0 radical (unpaired) electrons. The highest BCUT2D eigenvalue weighted by Crippen LogP contribution is 2.35. The van der Waals surface area contributed by atoms with Crippen LogP contribution in [0.1, 0.15) is 29.4 Å². The summed E-state index contributed by atoms with van der Waals surface area (Å²) >= 11 is 2.91. The number of aryl methyl sites for hydroxylation is 1. The lowest BCUT2D eigenvalue weighted by molar-refractivity contribution is -0.156. The highest BCUT2D eigenvalue weighted by molar-refractivity contribution is 7.98. The van der Waals surface area contributed by atoms with E-state index in [1.165, 1.54) is 41.3 Å². The molecule has 0 fully saturated rings. The first kappa shape index (κ1) is 21.4. The van der Waals surface area contributed by atoms with Crippen LogP contribution < -0.4 is 0 Å². The number of thiazole rings is 1. The first-order valence-corrected chi connectivity index (χ1v) is 9.94. The van der Waals surface area contributed by atoms with Crippen molar-refractivity contribution in [2.24, 2.45) is 5.92 Å². The molecule has 0 saturated carbocycles. The van der Waals surface area contributed by atoms with Gasteiger partial charge in [-0.05, 0) is 32.0 Å². The molecule has 0 aliphatic carbocycles. The van der Waals surface area contributed by atoms with Crippen molar-refractivity contribution in [1.82, 2.24) is 4.98 Å². The van der Waals surface area contributed by atoms with Gasteiger partial charge in [0.15, 0.2) is 11.5 Å². The van der Waals surface area contributed by atoms with E-state index in [1.807, 2.05) is 6.92 Å². The Kier molecular flexibility index (Phi) is 7.00. The molecular weight excluding hydrogens is 395 g/mol. The minimum atomic E-state index is -4.26. The summed E-state index contributed by atoms with van der Waals surface area (Å²) in [6.45, 7) is 4.74. The Bertz CT molecular complexity index is 857. The number of benzene rings is 1. The molecule has 0 spiro atoms. The Balaban J connectivity index is 2.12. The number of aromatic nitrogens is 1. The van der Waals surface area contributed by atoms with Gasteiger partial charge in [-0.15, -0.1) is 23.1 Å². The quantitative estimate of drug-likeness (QED) is 0.330. The summed E-state index contributed by atoms with van der Waals surface area (Å²) in [5, 5.41) is 19.6. The SMILES string of the molecule is C/C=C(\C=C/C(C)C(F)(F)F)c1nc(C)c(CSc2ccc(O)c(O)c2)s1. The summed E-state index contributed by atoms with van der Waals surface area (Å²) in [6.07, 6.45) is 0.0868. The fourth-order valence-corrected chi connectivity index (χ4v) is 4.27.